The Morgan fingerprint density at radius 1 is 1.44 bits per heavy atom. The van der Waals surface area contributed by atoms with Gasteiger partial charge >= 0.3 is 0 Å². The highest BCUT2D eigenvalue weighted by molar-refractivity contribution is 9.10. The lowest BCUT2D eigenvalue weighted by Crippen LogP contribution is -2.22. The maximum Gasteiger partial charge on any atom is 0.153 e. The molecule has 0 aliphatic heterocycles. The predicted molar refractivity (Wildman–Crippen MR) is 70.7 cm³/mol. The van der Waals surface area contributed by atoms with Crippen molar-refractivity contribution in [2.75, 3.05) is 7.05 Å². The Kier molecular flexibility index (Phi) is 3.77. The van der Waals surface area contributed by atoms with E-state index in [1.165, 1.54) is 12.1 Å². The lowest BCUT2D eigenvalue weighted by molar-refractivity contribution is 0.589. The largest absolute Gasteiger partial charge is 0.308 e. The van der Waals surface area contributed by atoms with Crippen molar-refractivity contribution in [1.29, 1.82) is 0 Å². The Hall–Kier alpha value is -1.27. The summed E-state index contributed by atoms with van der Waals surface area (Å²) in [4.78, 5) is 0. The number of halogens is 2. The van der Waals surface area contributed by atoms with E-state index in [4.69, 9.17) is 0 Å². The summed E-state index contributed by atoms with van der Waals surface area (Å²) in [5.74, 6) is -0.228. The van der Waals surface area contributed by atoms with Crippen LogP contribution in [0, 0.1) is 12.7 Å². The summed E-state index contributed by atoms with van der Waals surface area (Å²) in [5.41, 5.74) is 2.81. The number of aromatic nitrogens is 3. The van der Waals surface area contributed by atoms with Crippen molar-refractivity contribution in [3.8, 4) is 0 Å². The molecule has 96 valence electrons. The van der Waals surface area contributed by atoms with Crippen LogP contribution in [0.1, 0.15) is 22.9 Å². The lowest BCUT2D eigenvalue weighted by Gasteiger charge is -2.19. The molecule has 1 aromatic carbocycles. The van der Waals surface area contributed by atoms with Gasteiger partial charge in [-0.25, -0.2) is 9.07 Å². The fourth-order valence-corrected chi connectivity index (χ4v) is 2.60. The van der Waals surface area contributed by atoms with Gasteiger partial charge in [0.2, 0.25) is 0 Å². The zero-order valence-corrected chi connectivity index (χ0v) is 12.0. The van der Waals surface area contributed by atoms with Gasteiger partial charge in [-0.2, -0.15) is 0 Å². The van der Waals surface area contributed by atoms with Crippen LogP contribution in [-0.4, -0.2) is 22.0 Å². The van der Waals surface area contributed by atoms with Gasteiger partial charge in [-0.15, -0.1) is 5.10 Å². The molecule has 1 atom stereocenters. The first-order valence-corrected chi connectivity index (χ1v) is 6.32. The third-order valence-electron chi connectivity index (χ3n) is 2.93. The van der Waals surface area contributed by atoms with Crippen LogP contribution in [0.5, 0.6) is 0 Å². The molecule has 1 unspecified atom stereocenters. The SMILES string of the molecule is CNC(c1ccc(F)cc1C)c1c(Br)nnn1C. The predicted octanol–water partition coefficient (Wildman–Crippen LogP) is 2.33. The molecule has 0 aliphatic carbocycles. The van der Waals surface area contributed by atoms with Gasteiger partial charge in [-0.1, -0.05) is 11.3 Å². The minimum atomic E-state index is -0.228. The van der Waals surface area contributed by atoms with Gasteiger partial charge in [-0.05, 0) is 53.2 Å². The van der Waals surface area contributed by atoms with E-state index in [2.05, 4.69) is 31.6 Å². The Balaban J connectivity index is 2.52. The van der Waals surface area contributed by atoms with E-state index >= 15 is 0 Å². The van der Waals surface area contributed by atoms with E-state index in [9.17, 15) is 4.39 Å². The molecule has 0 amide bonds. The third kappa shape index (κ3) is 2.30. The molecule has 0 saturated heterocycles. The maximum atomic E-state index is 13.2. The van der Waals surface area contributed by atoms with Gasteiger partial charge in [0.25, 0.3) is 0 Å². The van der Waals surface area contributed by atoms with Crippen molar-refractivity contribution in [1.82, 2.24) is 20.3 Å². The number of hydrogen-bond donors (Lipinski definition) is 1. The van der Waals surface area contributed by atoms with Crippen LogP contribution < -0.4 is 5.32 Å². The fraction of sp³-hybridized carbons (Fsp3) is 0.333. The molecule has 2 rings (SSSR count). The van der Waals surface area contributed by atoms with Gasteiger partial charge < -0.3 is 5.32 Å². The maximum absolute atomic E-state index is 13.2. The molecule has 6 heteroatoms. The van der Waals surface area contributed by atoms with E-state index in [-0.39, 0.29) is 11.9 Å². The molecule has 18 heavy (non-hydrogen) atoms. The fourth-order valence-electron chi connectivity index (χ4n) is 2.05. The zero-order valence-electron chi connectivity index (χ0n) is 10.4. The second-order valence-electron chi connectivity index (χ2n) is 4.11. The van der Waals surface area contributed by atoms with Gasteiger partial charge in [0, 0.05) is 7.05 Å². The van der Waals surface area contributed by atoms with Crippen LogP contribution in [0.3, 0.4) is 0 Å². The summed E-state index contributed by atoms with van der Waals surface area (Å²) in [6, 6.07) is 4.69. The Morgan fingerprint density at radius 3 is 2.67 bits per heavy atom. The topological polar surface area (TPSA) is 42.7 Å². The standard InChI is InChI=1S/C12H14BrFN4/c1-7-6-8(14)4-5-9(7)10(15-2)11-12(13)16-17-18(11)3/h4-6,10,15H,1-3H3. The normalized spacial score (nSPS) is 12.7. The van der Waals surface area contributed by atoms with E-state index in [1.807, 2.05) is 21.0 Å². The number of aryl methyl sites for hydroxylation is 2. The minimum Gasteiger partial charge on any atom is -0.308 e. The molecule has 1 aromatic heterocycles. The van der Waals surface area contributed by atoms with Gasteiger partial charge in [0.15, 0.2) is 4.60 Å². The van der Waals surface area contributed by atoms with E-state index in [1.54, 1.807) is 10.7 Å². The summed E-state index contributed by atoms with van der Waals surface area (Å²) in [7, 11) is 3.68. The molecule has 0 bridgehead atoms. The molecular weight excluding hydrogens is 299 g/mol. The highest BCUT2D eigenvalue weighted by Gasteiger charge is 2.21. The van der Waals surface area contributed by atoms with Crippen LogP contribution >= 0.6 is 15.9 Å². The van der Waals surface area contributed by atoms with E-state index in [0.29, 0.717) is 4.60 Å². The zero-order chi connectivity index (χ0) is 13.3. The molecule has 0 spiro atoms. The molecule has 1 N–H and O–H groups in total. The second kappa shape index (κ2) is 5.16. The van der Waals surface area contributed by atoms with Gasteiger partial charge in [-0.3, -0.25) is 0 Å². The molecule has 0 saturated carbocycles. The minimum absolute atomic E-state index is 0.0834. The van der Waals surface area contributed by atoms with Crippen molar-refractivity contribution >= 4 is 15.9 Å². The van der Waals surface area contributed by atoms with Crippen LogP contribution in [0.15, 0.2) is 22.8 Å². The average molecular weight is 313 g/mol. The lowest BCUT2D eigenvalue weighted by atomic mass is 9.99. The first kappa shape index (κ1) is 13.2. The molecule has 1 heterocycles. The summed E-state index contributed by atoms with van der Waals surface area (Å²) in [6.45, 7) is 1.89. The molecule has 0 fully saturated rings. The number of hydrogen-bond acceptors (Lipinski definition) is 3. The smallest absolute Gasteiger partial charge is 0.153 e. The number of nitrogens with one attached hydrogen (secondary N) is 1. The van der Waals surface area contributed by atoms with Crippen LogP contribution in [0.2, 0.25) is 0 Å². The van der Waals surface area contributed by atoms with Crippen molar-refractivity contribution in [3.05, 3.63) is 45.4 Å². The third-order valence-corrected chi connectivity index (χ3v) is 3.50. The van der Waals surface area contributed by atoms with E-state index < -0.39 is 0 Å². The molecular formula is C12H14BrFN4. The average Bonchev–Trinajstić information content (AvgIpc) is 2.64. The van der Waals surface area contributed by atoms with Crippen LogP contribution in [0.25, 0.3) is 0 Å². The molecule has 2 aromatic rings. The van der Waals surface area contributed by atoms with Crippen molar-refractivity contribution in [2.24, 2.45) is 7.05 Å². The summed E-state index contributed by atoms with van der Waals surface area (Å²) in [5, 5.41) is 11.1. The number of benzene rings is 1. The Labute approximate surface area is 113 Å². The summed E-state index contributed by atoms with van der Waals surface area (Å²) in [6.07, 6.45) is 0. The summed E-state index contributed by atoms with van der Waals surface area (Å²) < 4.78 is 15.5. The molecule has 0 aliphatic rings. The molecule has 4 nitrogen and oxygen atoms in total. The first-order chi connectivity index (χ1) is 8.54. The van der Waals surface area contributed by atoms with Gasteiger partial charge in [0.05, 0.1) is 11.7 Å². The van der Waals surface area contributed by atoms with Crippen LogP contribution in [-0.2, 0) is 7.05 Å². The number of nitrogens with zero attached hydrogens (tertiary/aromatic N) is 3. The molecule has 0 radical (unpaired) electrons. The first-order valence-electron chi connectivity index (χ1n) is 5.53. The van der Waals surface area contributed by atoms with Crippen LogP contribution in [0.4, 0.5) is 4.39 Å². The quantitative estimate of drug-likeness (QED) is 0.946. The Morgan fingerprint density at radius 2 is 2.17 bits per heavy atom. The van der Waals surface area contributed by atoms with Crippen molar-refractivity contribution in [2.45, 2.75) is 13.0 Å². The summed E-state index contributed by atoms with van der Waals surface area (Å²) >= 11 is 3.39. The van der Waals surface area contributed by atoms with Crippen molar-refractivity contribution in [3.63, 3.8) is 0 Å². The monoisotopic (exact) mass is 312 g/mol. The Bertz CT molecular complexity index is 548. The highest BCUT2D eigenvalue weighted by atomic mass is 79.9. The van der Waals surface area contributed by atoms with Crippen molar-refractivity contribution < 1.29 is 4.39 Å². The van der Waals surface area contributed by atoms with E-state index in [0.717, 1.165) is 16.8 Å². The number of rotatable bonds is 3. The second-order valence-corrected chi connectivity index (χ2v) is 4.86. The highest BCUT2D eigenvalue weighted by Crippen LogP contribution is 2.28. The van der Waals surface area contributed by atoms with Gasteiger partial charge in [0.1, 0.15) is 5.82 Å².